The van der Waals surface area contributed by atoms with Gasteiger partial charge in [0.2, 0.25) is 0 Å². The molecule has 2 amide bonds. The maximum atomic E-state index is 11.5. The van der Waals surface area contributed by atoms with Crippen LogP contribution in [0, 0.1) is 0 Å². The summed E-state index contributed by atoms with van der Waals surface area (Å²) in [4.78, 5) is 17.2. The molecular formula is C9H10BrN3O. The number of halogens is 1. The van der Waals surface area contributed by atoms with E-state index in [1.165, 1.54) is 0 Å². The van der Waals surface area contributed by atoms with Crippen LogP contribution < -0.4 is 10.2 Å². The fourth-order valence-electron chi connectivity index (χ4n) is 1.44. The van der Waals surface area contributed by atoms with E-state index in [9.17, 15) is 4.79 Å². The molecular weight excluding hydrogens is 246 g/mol. The number of hydrogen-bond donors (Lipinski definition) is 1. The van der Waals surface area contributed by atoms with Gasteiger partial charge in [0.05, 0.1) is 0 Å². The van der Waals surface area contributed by atoms with Gasteiger partial charge in [-0.2, -0.15) is 0 Å². The van der Waals surface area contributed by atoms with Crippen LogP contribution in [0.4, 0.5) is 10.5 Å². The molecule has 0 atom stereocenters. The van der Waals surface area contributed by atoms with Crippen LogP contribution in [0.5, 0.6) is 0 Å². The zero-order valence-electron chi connectivity index (χ0n) is 7.53. The minimum absolute atomic E-state index is 0.0330. The van der Waals surface area contributed by atoms with Gasteiger partial charge in [-0.3, -0.25) is 4.90 Å². The summed E-state index contributed by atoms with van der Waals surface area (Å²) < 4.78 is 0.744. The number of anilines is 1. The highest BCUT2D eigenvalue weighted by atomic mass is 79.9. The zero-order valence-corrected chi connectivity index (χ0v) is 9.12. The van der Waals surface area contributed by atoms with Crippen LogP contribution in [0.2, 0.25) is 0 Å². The number of carbonyl (C=O) groups excluding carboxylic acids is 1. The van der Waals surface area contributed by atoms with Crippen LogP contribution in [-0.4, -0.2) is 24.1 Å². The number of nitrogens with zero attached hydrogens (tertiary/aromatic N) is 2. The summed E-state index contributed by atoms with van der Waals surface area (Å²) in [6, 6.07) is 3.63. The Hall–Kier alpha value is -1.10. The van der Waals surface area contributed by atoms with E-state index in [4.69, 9.17) is 0 Å². The van der Waals surface area contributed by atoms with Crippen molar-refractivity contribution in [2.24, 2.45) is 0 Å². The van der Waals surface area contributed by atoms with Crippen molar-refractivity contribution < 1.29 is 4.79 Å². The SMILES string of the molecule is O=C1NCCCN1c1ccnc(Br)c1. The second-order valence-electron chi connectivity index (χ2n) is 3.07. The average Bonchev–Trinajstić information content (AvgIpc) is 2.18. The molecule has 2 rings (SSSR count). The molecule has 0 radical (unpaired) electrons. The van der Waals surface area contributed by atoms with Crippen LogP contribution in [0.15, 0.2) is 22.9 Å². The van der Waals surface area contributed by atoms with E-state index in [2.05, 4.69) is 26.2 Å². The number of rotatable bonds is 1. The lowest BCUT2D eigenvalue weighted by Crippen LogP contribution is -2.46. The van der Waals surface area contributed by atoms with Gasteiger partial charge in [-0.25, -0.2) is 9.78 Å². The standard InChI is InChI=1S/C9H10BrN3O/c10-8-6-7(2-4-11-8)13-5-1-3-12-9(13)14/h2,4,6H,1,3,5H2,(H,12,14). The normalized spacial score (nSPS) is 16.6. The Morgan fingerprint density at radius 2 is 2.43 bits per heavy atom. The van der Waals surface area contributed by atoms with Crippen molar-refractivity contribution >= 4 is 27.6 Å². The van der Waals surface area contributed by atoms with Gasteiger partial charge < -0.3 is 5.32 Å². The first-order valence-electron chi connectivity index (χ1n) is 4.44. The van der Waals surface area contributed by atoms with E-state index in [0.717, 1.165) is 29.8 Å². The molecule has 1 aliphatic heterocycles. The maximum absolute atomic E-state index is 11.5. The number of carbonyl (C=O) groups is 1. The molecule has 2 heterocycles. The molecule has 0 bridgehead atoms. The number of aromatic nitrogens is 1. The van der Waals surface area contributed by atoms with Gasteiger partial charge in [0, 0.05) is 25.0 Å². The first-order valence-corrected chi connectivity index (χ1v) is 5.23. The minimum atomic E-state index is -0.0330. The Bertz CT molecular complexity index is 356. The number of hydrogen-bond acceptors (Lipinski definition) is 2. The molecule has 5 heteroatoms. The van der Waals surface area contributed by atoms with E-state index < -0.39 is 0 Å². The number of nitrogens with one attached hydrogen (secondary N) is 1. The molecule has 14 heavy (non-hydrogen) atoms. The van der Waals surface area contributed by atoms with Crippen LogP contribution in [0.1, 0.15) is 6.42 Å². The molecule has 1 aromatic rings. The zero-order chi connectivity index (χ0) is 9.97. The van der Waals surface area contributed by atoms with E-state index in [-0.39, 0.29) is 6.03 Å². The summed E-state index contributed by atoms with van der Waals surface area (Å²) in [6.45, 7) is 1.53. The highest BCUT2D eigenvalue weighted by molar-refractivity contribution is 9.10. The Morgan fingerprint density at radius 1 is 1.57 bits per heavy atom. The van der Waals surface area contributed by atoms with Crippen molar-refractivity contribution in [2.45, 2.75) is 6.42 Å². The first-order chi connectivity index (χ1) is 6.77. The molecule has 4 nitrogen and oxygen atoms in total. The van der Waals surface area contributed by atoms with Crippen molar-refractivity contribution in [3.63, 3.8) is 0 Å². The van der Waals surface area contributed by atoms with Crippen LogP contribution in [0.25, 0.3) is 0 Å². The Labute approximate surface area is 90.4 Å². The maximum Gasteiger partial charge on any atom is 0.321 e. The Kier molecular flexibility index (Phi) is 2.67. The predicted molar refractivity (Wildman–Crippen MR) is 57.3 cm³/mol. The number of urea groups is 1. The van der Waals surface area contributed by atoms with Crippen LogP contribution in [0.3, 0.4) is 0 Å². The molecule has 1 fully saturated rings. The van der Waals surface area contributed by atoms with E-state index in [1.807, 2.05) is 12.1 Å². The molecule has 1 N–H and O–H groups in total. The monoisotopic (exact) mass is 255 g/mol. The van der Waals surface area contributed by atoms with Gasteiger partial charge in [0.25, 0.3) is 0 Å². The highest BCUT2D eigenvalue weighted by Gasteiger charge is 2.18. The highest BCUT2D eigenvalue weighted by Crippen LogP contribution is 2.19. The first kappa shape index (κ1) is 9.45. The fraction of sp³-hybridized carbons (Fsp3) is 0.333. The summed E-state index contributed by atoms with van der Waals surface area (Å²) in [5, 5.41) is 2.80. The van der Waals surface area contributed by atoms with Gasteiger partial charge in [0.15, 0.2) is 0 Å². The molecule has 0 unspecified atom stereocenters. The molecule has 0 aliphatic carbocycles. The molecule has 0 spiro atoms. The fourth-order valence-corrected chi connectivity index (χ4v) is 1.79. The molecule has 0 saturated carbocycles. The summed E-state index contributed by atoms with van der Waals surface area (Å²) >= 11 is 3.28. The average molecular weight is 256 g/mol. The quantitative estimate of drug-likeness (QED) is 0.778. The second kappa shape index (κ2) is 3.96. The van der Waals surface area contributed by atoms with Crippen molar-refractivity contribution in [3.05, 3.63) is 22.9 Å². The lowest BCUT2D eigenvalue weighted by molar-refractivity contribution is 0.243. The van der Waals surface area contributed by atoms with Crippen molar-refractivity contribution in [2.75, 3.05) is 18.0 Å². The summed E-state index contributed by atoms with van der Waals surface area (Å²) in [6.07, 6.45) is 2.66. The Balaban J connectivity index is 2.24. The number of pyridine rings is 1. The van der Waals surface area contributed by atoms with Gasteiger partial charge in [-0.05, 0) is 34.5 Å². The third-order valence-electron chi connectivity index (χ3n) is 2.10. The van der Waals surface area contributed by atoms with E-state index in [0.29, 0.717) is 0 Å². The lowest BCUT2D eigenvalue weighted by atomic mass is 10.3. The Morgan fingerprint density at radius 3 is 3.14 bits per heavy atom. The van der Waals surface area contributed by atoms with E-state index >= 15 is 0 Å². The molecule has 1 aliphatic rings. The molecule has 74 valence electrons. The van der Waals surface area contributed by atoms with E-state index in [1.54, 1.807) is 11.1 Å². The van der Waals surface area contributed by atoms with Crippen molar-refractivity contribution in [1.82, 2.24) is 10.3 Å². The van der Waals surface area contributed by atoms with Gasteiger partial charge >= 0.3 is 6.03 Å². The van der Waals surface area contributed by atoms with Gasteiger partial charge in [-0.15, -0.1) is 0 Å². The third kappa shape index (κ3) is 1.87. The summed E-state index contributed by atoms with van der Waals surface area (Å²) in [5.74, 6) is 0. The minimum Gasteiger partial charge on any atom is -0.338 e. The summed E-state index contributed by atoms with van der Waals surface area (Å²) in [7, 11) is 0. The number of amides is 2. The molecule has 1 saturated heterocycles. The van der Waals surface area contributed by atoms with Crippen molar-refractivity contribution in [1.29, 1.82) is 0 Å². The third-order valence-corrected chi connectivity index (χ3v) is 2.54. The molecule has 1 aromatic heterocycles. The van der Waals surface area contributed by atoms with Gasteiger partial charge in [-0.1, -0.05) is 0 Å². The summed E-state index contributed by atoms with van der Waals surface area (Å²) in [5.41, 5.74) is 0.879. The second-order valence-corrected chi connectivity index (χ2v) is 3.89. The molecule has 0 aromatic carbocycles. The predicted octanol–water partition coefficient (Wildman–Crippen LogP) is 1.76. The van der Waals surface area contributed by atoms with Crippen LogP contribution >= 0.6 is 15.9 Å². The largest absolute Gasteiger partial charge is 0.338 e. The topological polar surface area (TPSA) is 45.2 Å². The van der Waals surface area contributed by atoms with Crippen LogP contribution in [-0.2, 0) is 0 Å². The lowest BCUT2D eigenvalue weighted by Gasteiger charge is -2.27. The van der Waals surface area contributed by atoms with Gasteiger partial charge in [0.1, 0.15) is 4.60 Å². The smallest absolute Gasteiger partial charge is 0.321 e. The van der Waals surface area contributed by atoms with Crippen molar-refractivity contribution in [3.8, 4) is 0 Å².